The molecule has 7 heteroatoms. The molecule has 1 aromatic carbocycles. The number of pyridine rings is 1. The van der Waals surface area contributed by atoms with Gasteiger partial charge in [0.05, 0.1) is 17.0 Å². The topological polar surface area (TPSA) is 65.8 Å². The molecule has 1 aliphatic carbocycles. The third kappa shape index (κ3) is 4.20. The van der Waals surface area contributed by atoms with Gasteiger partial charge >= 0.3 is 0 Å². The van der Waals surface area contributed by atoms with Gasteiger partial charge in [0.15, 0.2) is 0 Å². The molecule has 134 valence electrons. The smallest absolute Gasteiger partial charge is 0.234 e. The molecule has 2 aromatic rings. The van der Waals surface area contributed by atoms with Crippen LogP contribution in [0.15, 0.2) is 29.3 Å². The number of amides is 1. The molecule has 1 unspecified atom stereocenters. The Kier molecular flexibility index (Phi) is 5.52. The first kappa shape index (κ1) is 18.3. The molecule has 0 aliphatic heterocycles. The lowest BCUT2D eigenvalue weighted by Crippen LogP contribution is -2.16. The van der Waals surface area contributed by atoms with Gasteiger partial charge in [0.2, 0.25) is 5.91 Å². The van der Waals surface area contributed by atoms with Gasteiger partial charge in [-0.25, -0.2) is 13.8 Å². The lowest BCUT2D eigenvalue weighted by Gasteiger charge is -2.21. The summed E-state index contributed by atoms with van der Waals surface area (Å²) in [5.74, 6) is -1.31. The predicted molar refractivity (Wildman–Crippen MR) is 95.9 cm³/mol. The van der Waals surface area contributed by atoms with Gasteiger partial charge in [0.25, 0.3) is 0 Å². The number of thioether (sulfide) groups is 1. The van der Waals surface area contributed by atoms with E-state index >= 15 is 0 Å². The summed E-state index contributed by atoms with van der Waals surface area (Å²) in [6.07, 6.45) is 2.81. The Bertz CT molecular complexity index is 895. The number of nitriles is 1. The van der Waals surface area contributed by atoms with Crippen LogP contribution in [-0.4, -0.2) is 16.6 Å². The molecule has 1 heterocycles. The number of nitrogens with zero attached hydrogens (tertiary/aromatic N) is 2. The number of hydrogen-bond acceptors (Lipinski definition) is 4. The fourth-order valence-corrected chi connectivity index (χ4v) is 3.71. The van der Waals surface area contributed by atoms with Gasteiger partial charge in [-0.2, -0.15) is 5.26 Å². The van der Waals surface area contributed by atoms with Crippen molar-refractivity contribution >= 4 is 23.4 Å². The van der Waals surface area contributed by atoms with Crippen molar-refractivity contribution in [2.24, 2.45) is 5.92 Å². The van der Waals surface area contributed by atoms with E-state index in [0.717, 1.165) is 60.5 Å². The molecule has 1 atom stereocenters. The second-order valence-electron chi connectivity index (χ2n) is 6.37. The minimum absolute atomic E-state index is 0.0488. The van der Waals surface area contributed by atoms with E-state index in [-0.39, 0.29) is 11.4 Å². The summed E-state index contributed by atoms with van der Waals surface area (Å²) < 4.78 is 26.8. The second kappa shape index (κ2) is 7.83. The molecule has 0 saturated carbocycles. The Balaban J connectivity index is 1.70. The molecule has 0 bridgehead atoms. The molecular formula is C19H17F2N3OS. The summed E-state index contributed by atoms with van der Waals surface area (Å²) >= 11 is 1.12. The molecule has 1 aliphatic rings. The van der Waals surface area contributed by atoms with Crippen molar-refractivity contribution in [3.05, 3.63) is 52.7 Å². The zero-order valence-electron chi connectivity index (χ0n) is 14.2. The summed E-state index contributed by atoms with van der Waals surface area (Å²) in [5.41, 5.74) is 2.30. The van der Waals surface area contributed by atoms with E-state index in [1.54, 1.807) is 0 Å². The molecule has 0 radical (unpaired) electrons. The van der Waals surface area contributed by atoms with Crippen LogP contribution in [-0.2, 0) is 17.6 Å². The number of fused-ring (bicyclic) bond motifs is 1. The van der Waals surface area contributed by atoms with Gasteiger partial charge in [-0.05, 0) is 48.9 Å². The van der Waals surface area contributed by atoms with Crippen molar-refractivity contribution in [2.75, 3.05) is 11.1 Å². The largest absolute Gasteiger partial charge is 0.323 e. The fourth-order valence-electron chi connectivity index (χ4n) is 2.93. The van der Waals surface area contributed by atoms with Crippen molar-refractivity contribution < 1.29 is 13.6 Å². The SMILES string of the molecule is CC1CCc2nc(SCC(=O)Nc3cc(F)ccc3F)c(C#N)cc2C1. The van der Waals surface area contributed by atoms with E-state index in [1.165, 1.54) is 0 Å². The highest BCUT2D eigenvalue weighted by Crippen LogP contribution is 2.29. The van der Waals surface area contributed by atoms with Crippen molar-refractivity contribution in [1.82, 2.24) is 4.98 Å². The number of nitrogens with one attached hydrogen (secondary N) is 1. The average Bonchev–Trinajstić information content (AvgIpc) is 2.62. The molecule has 3 rings (SSSR count). The van der Waals surface area contributed by atoms with E-state index in [9.17, 15) is 18.8 Å². The number of aryl methyl sites for hydroxylation is 1. The highest BCUT2D eigenvalue weighted by atomic mass is 32.2. The highest BCUT2D eigenvalue weighted by molar-refractivity contribution is 8.00. The normalized spacial score (nSPS) is 15.8. The number of benzene rings is 1. The first-order chi connectivity index (χ1) is 12.5. The van der Waals surface area contributed by atoms with Crippen molar-refractivity contribution in [1.29, 1.82) is 5.26 Å². The summed E-state index contributed by atoms with van der Waals surface area (Å²) in [6.45, 7) is 2.17. The summed E-state index contributed by atoms with van der Waals surface area (Å²) in [7, 11) is 0. The van der Waals surface area contributed by atoms with Gasteiger partial charge in [-0.1, -0.05) is 18.7 Å². The van der Waals surface area contributed by atoms with Crippen LogP contribution in [0.2, 0.25) is 0 Å². The van der Waals surface area contributed by atoms with Gasteiger partial charge in [0, 0.05) is 11.8 Å². The number of anilines is 1. The van der Waals surface area contributed by atoms with Crippen molar-refractivity contribution in [2.45, 2.75) is 31.2 Å². The molecule has 0 fully saturated rings. The number of carbonyl (C=O) groups is 1. The molecule has 1 N–H and O–H groups in total. The molecule has 0 spiro atoms. The van der Waals surface area contributed by atoms with E-state index in [4.69, 9.17) is 0 Å². The maximum absolute atomic E-state index is 13.6. The van der Waals surface area contributed by atoms with E-state index < -0.39 is 17.5 Å². The van der Waals surface area contributed by atoms with Crippen LogP contribution >= 0.6 is 11.8 Å². The third-order valence-electron chi connectivity index (χ3n) is 4.26. The van der Waals surface area contributed by atoms with Gasteiger partial charge in [-0.3, -0.25) is 4.79 Å². The Hall–Kier alpha value is -2.46. The van der Waals surface area contributed by atoms with Crippen LogP contribution in [0.3, 0.4) is 0 Å². The minimum atomic E-state index is -0.705. The lowest BCUT2D eigenvalue weighted by molar-refractivity contribution is -0.113. The maximum Gasteiger partial charge on any atom is 0.234 e. The Morgan fingerprint density at radius 2 is 2.23 bits per heavy atom. The van der Waals surface area contributed by atoms with Crippen molar-refractivity contribution in [3.8, 4) is 6.07 Å². The quantitative estimate of drug-likeness (QED) is 0.820. The summed E-state index contributed by atoms with van der Waals surface area (Å²) in [6, 6.07) is 6.84. The number of carbonyl (C=O) groups excluding carboxylic acids is 1. The molecule has 1 amide bonds. The molecule has 4 nitrogen and oxygen atoms in total. The predicted octanol–water partition coefficient (Wildman–Crippen LogP) is 4.09. The lowest BCUT2D eigenvalue weighted by atomic mass is 9.87. The molecule has 1 aromatic heterocycles. The van der Waals surface area contributed by atoms with Crippen LogP contribution in [0.1, 0.15) is 30.2 Å². The first-order valence-electron chi connectivity index (χ1n) is 8.27. The Morgan fingerprint density at radius 1 is 1.42 bits per heavy atom. The number of aromatic nitrogens is 1. The van der Waals surface area contributed by atoms with Crippen LogP contribution in [0.25, 0.3) is 0 Å². The van der Waals surface area contributed by atoms with Gasteiger partial charge in [0.1, 0.15) is 22.7 Å². The minimum Gasteiger partial charge on any atom is -0.323 e. The third-order valence-corrected chi connectivity index (χ3v) is 5.25. The summed E-state index contributed by atoms with van der Waals surface area (Å²) in [4.78, 5) is 16.6. The summed E-state index contributed by atoms with van der Waals surface area (Å²) in [5, 5.41) is 12.2. The standard InChI is InChI=1S/C19H17F2N3OS/c1-11-2-5-16-12(6-11)7-13(9-22)19(24-16)26-10-18(25)23-17-8-14(20)3-4-15(17)21/h3-4,7-8,11H,2,5-6,10H2,1H3,(H,23,25). The average molecular weight is 373 g/mol. The first-order valence-corrected chi connectivity index (χ1v) is 9.25. The van der Waals surface area contributed by atoms with Gasteiger partial charge in [-0.15, -0.1) is 0 Å². The monoisotopic (exact) mass is 373 g/mol. The number of rotatable bonds is 4. The Morgan fingerprint density at radius 3 is 3.00 bits per heavy atom. The molecule has 26 heavy (non-hydrogen) atoms. The molecule has 0 saturated heterocycles. The number of halogens is 2. The van der Waals surface area contributed by atoms with Gasteiger partial charge < -0.3 is 5.32 Å². The van der Waals surface area contributed by atoms with Crippen LogP contribution < -0.4 is 5.32 Å². The zero-order chi connectivity index (χ0) is 18.7. The maximum atomic E-state index is 13.6. The van der Waals surface area contributed by atoms with E-state index in [1.807, 2.05) is 6.07 Å². The Labute approximate surface area is 154 Å². The van der Waals surface area contributed by atoms with Crippen molar-refractivity contribution in [3.63, 3.8) is 0 Å². The van der Waals surface area contributed by atoms with Crippen LogP contribution in [0, 0.1) is 28.9 Å². The van der Waals surface area contributed by atoms with Crippen LogP contribution in [0.4, 0.5) is 14.5 Å². The molecular weight excluding hydrogens is 356 g/mol. The van der Waals surface area contributed by atoms with E-state index in [0.29, 0.717) is 16.5 Å². The van der Waals surface area contributed by atoms with Crippen LogP contribution in [0.5, 0.6) is 0 Å². The second-order valence-corrected chi connectivity index (χ2v) is 7.33. The number of hydrogen-bond donors (Lipinski definition) is 1. The zero-order valence-corrected chi connectivity index (χ0v) is 15.0. The van der Waals surface area contributed by atoms with E-state index in [2.05, 4.69) is 23.3 Å². The highest BCUT2D eigenvalue weighted by Gasteiger charge is 2.20. The fraction of sp³-hybridized carbons (Fsp3) is 0.316.